The Kier molecular flexibility index (Phi) is 4.23. The van der Waals surface area contributed by atoms with Crippen molar-refractivity contribution in [2.45, 2.75) is 51.4 Å². The molecule has 2 N–H and O–H groups in total. The number of amides is 2. The first-order valence-corrected chi connectivity index (χ1v) is 9.94. The van der Waals surface area contributed by atoms with E-state index in [1.54, 1.807) is 16.8 Å². The van der Waals surface area contributed by atoms with Crippen molar-refractivity contribution in [3.05, 3.63) is 17.3 Å². The highest BCUT2D eigenvalue weighted by Gasteiger charge is 2.29. The topological polar surface area (TPSA) is 114 Å². The first-order chi connectivity index (χ1) is 14.0. The molecule has 1 aliphatic carbocycles. The van der Waals surface area contributed by atoms with Gasteiger partial charge in [0.2, 0.25) is 17.8 Å². The number of rotatable bonds is 4. The second-order valence-electron chi connectivity index (χ2n) is 7.99. The molecule has 29 heavy (non-hydrogen) atoms. The maximum Gasteiger partial charge on any atom is 0.254 e. The van der Waals surface area contributed by atoms with Gasteiger partial charge in [0.25, 0.3) is 5.91 Å². The van der Waals surface area contributed by atoms with Gasteiger partial charge in [-0.15, -0.1) is 0 Å². The first kappa shape index (κ1) is 18.0. The van der Waals surface area contributed by atoms with Crippen LogP contribution < -0.4 is 15.5 Å². The van der Waals surface area contributed by atoms with Gasteiger partial charge in [0.1, 0.15) is 0 Å². The summed E-state index contributed by atoms with van der Waals surface area (Å²) in [5.41, 5.74) is 1.70. The van der Waals surface area contributed by atoms with Gasteiger partial charge in [-0.2, -0.15) is 19.6 Å². The number of hydrogen-bond acceptors (Lipinski definition) is 8. The summed E-state index contributed by atoms with van der Waals surface area (Å²) in [5, 5.41) is 10.2. The molecule has 10 heteroatoms. The minimum Gasteiger partial charge on any atom is -0.372 e. The molecule has 2 aromatic rings. The molecule has 2 unspecified atom stereocenters. The lowest BCUT2D eigenvalue weighted by molar-refractivity contribution is -0.124. The zero-order chi connectivity index (χ0) is 20.1. The quantitative estimate of drug-likeness (QED) is 0.574. The summed E-state index contributed by atoms with van der Waals surface area (Å²) in [7, 11) is 0. The second-order valence-corrected chi connectivity index (χ2v) is 7.99. The van der Waals surface area contributed by atoms with Crippen molar-refractivity contribution in [2.75, 3.05) is 23.3 Å². The van der Waals surface area contributed by atoms with Crippen LogP contribution in [0, 0.1) is 0 Å². The fourth-order valence-electron chi connectivity index (χ4n) is 3.78. The van der Waals surface area contributed by atoms with Crippen LogP contribution >= 0.6 is 0 Å². The van der Waals surface area contributed by atoms with E-state index in [0.717, 1.165) is 12.8 Å². The van der Waals surface area contributed by atoms with E-state index in [1.165, 1.54) is 0 Å². The first-order valence-electron chi connectivity index (χ1n) is 9.94. The average Bonchev–Trinajstić information content (AvgIpc) is 3.29. The molecule has 0 radical (unpaired) electrons. The minimum atomic E-state index is -0.365. The largest absolute Gasteiger partial charge is 0.372 e. The molecule has 152 valence electrons. The molecule has 10 nitrogen and oxygen atoms in total. The average molecular weight is 397 g/mol. The number of anilines is 2. The number of fused-ring (bicyclic) bond motifs is 1. The molecule has 1 saturated carbocycles. The van der Waals surface area contributed by atoms with Crippen LogP contribution in [0.2, 0.25) is 0 Å². The summed E-state index contributed by atoms with van der Waals surface area (Å²) < 4.78 is 7.50. The second kappa shape index (κ2) is 6.80. The van der Waals surface area contributed by atoms with Gasteiger partial charge < -0.3 is 15.0 Å². The number of aromatic nitrogens is 4. The Balaban J connectivity index is 1.58. The Morgan fingerprint density at radius 2 is 1.97 bits per heavy atom. The maximum atomic E-state index is 12.0. The lowest BCUT2D eigenvalue weighted by Gasteiger charge is -2.35. The van der Waals surface area contributed by atoms with Gasteiger partial charge in [0.05, 0.1) is 24.8 Å². The van der Waals surface area contributed by atoms with Crippen LogP contribution in [0.15, 0.2) is 11.8 Å². The number of morpholine rings is 1. The summed E-state index contributed by atoms with van der Waals surface area (Å²) in [4.78, 5) is 35.1. The molecule has 0 spiro atoms. The molecule has 2 saturated heterocycles. The van der Waals surface area contributed by atoms with E-state index in [-0.39, 0.29) is 30.4 Å². The van der Waals surface area contributed by atoms with Gasteiger partial charge in [0, 0.05) is 30.3 Å². The van der Waals surface area contributed by atoms with E-state index in [4.69, 9.17) is 14.7 Å². The summed E-state index contributed by atoms with van der Waals surface area (Å²) >= 11 is 0. The molecule has 2 aromatic heterocycles. The monoisotopic (exact) mass is 397 g/mol. The molecule has 2 atom stereocenters. The lowest BCUT2D eigenvalue weighted by atomic mass is 10.1. The third-order valence-corrected chi connectivity index (χ3v) is 5.22. The van der Waals surface area contributed by atoms with Gasteiger partial charge in [-0.05, 0) is 32.8 Å². The van der Waals surface area contributed by atoms with E-state index in [9.17, 15) is 9.59 Å². The van der Waals surface area contributed by atoms with Crippen molar-refractivity contribution in [1.29, 1.82) is 0 Å². The third-order valence-electron chi connectivity index (χ3n) is 5.22. The zero-order valence-corrected chi connectivity index (χ0v) is 16.4. The predicted octanol–water partition coefficient (Wildman–Crippen LogP) is 0.742. The molecule has 0 bridgehead atoms. The Hall–Kier alpha value is -3.01. The Morgan fingerprint density at radius 1 is 1.21 bits per heavy atom. The van der Waals surface area contributed by atoms with Crippen LogP contribution in [-0.4, -0.2) is 62.7 Å². The Morgan fingerprint density at radius 3 is 2.62 bits per heavy atom. The van der Waals surface area contributed by atoms with Crippen LogP contribution in [-0.2, 0) is 14.3 Å². The normalized spacial score (nSPS) is 26.4. The van der Waals surface area contributed by atoms with Crippen molar-refractivity contribution >= 4 is 35.4 Å². The van der Waals surface area contributed by atoms with Gasteiger partial charge in [-0.25, -0.2) is 0 Å². The molecular formula is C19H23N7O3. The van der Waals surface area contributed by atoms with Gasteiger partial charge in [-0.1, -0.05) is 0 Å². The molecule has 4 heterocycles. The van der Waals surface area contributed by atoms with E-state index >= 15 is 0 Å². The van der Waals surface area contributed by atoms with Crippen molar-refractivity contribution in [3.63, 3.8) is 0 Å². The number of ether oxygens (including phenoxy) is 1. The predicted molar refractivity (Wildman–Crippen MR) is 105 cm³/mol. The maximum absolute atomic E-state index is 12.0. The summed E-state index contributed by atoms with van der Waals surface area (Å²) in [5.74, 6) is 0.585. The molecule has 5 rings (SSSR count). The van der Waals surface area contributed by atoms with E-state index in [0.29, 0.717) is 47.8 Å². The van der Waals surface area contributed by atoms with Crippen molar-refractivity contribution < 1.29 is 14.3 Å². The summed E-state index contributed by atoms with van der Waals surface area (Å²) in [6.45, 7) is 5.47. The van der Waals surface area contributed by atoms with Crippen molar-refractivity contribution in [2.24, 2.45) is 0 Å². The highest BCUT2D eigenvalue weighted by molar-refractivity contribution is 6.15. The number of carbonyl (C=O) groups is 2. The zero-order valence-electron chi connectivity index (χ0n) is 16.4. The molecule has 3 fully saturated rings. The Bertz CT molecular complexity index is 1020. The molecule has 2 aliphatic heterocycles. The molecule has 3 aliphatic rings. The Labute approximate surface area is 167 Å². The SMILES string of the molecule is CC1CN(c2nc(NC3CC3)n3ncc(/C=C4\CC(=O)NC4=O)c3n2)CC(C)O1. The smallest absolute Gasteiger partial charge is 0.254 e. The van der Waals surface area contributed by atoms with Crippen molar-refractivity contribution in [1.82, 2.24) is 24.9 Å². The molecule has 2 amide bonds. The van der Waals surface area contributed by atoms with Crippen LogP contribution in [0.25, 0.3) is 11.7 Å². The van der Waals surface area contributed by atoms with Crippen LogP contribution in [0.1, 0.15) is 38.7 Å². The summed E-state index contributed by atoms with van der Waals surface area (Å²) in [6, 6.07) is 0.396. The number of imide groups is 1. The fourth-order valence-corrected chi connectivity index (χ4v) is 3.78. The highest BCUT2D eigenvalue weighted by atomic mass is 16.5. The van der Waals surface area contributed by atoms with Crippen LogP contribution in [0.5, 0.6) is 0 Å². The fraction of sp³-hybridized carbons (Fsp3) is 0.526. The number of nitrogens with zero attached hydrogens (tertiary/aromatic N) is 5. The van der Waals surface area contributed by atoms with Crippen molar-refractivity contribution in [3.8, 4) is 0 Å². The molecular weight excluding hydrogens is 374 g/mol. The standard InChI is InChI=1S/C19H23N7O3/c1-10-8-25(9-11(2)29-10)18-23-16-13(5-12-6-15(27)22-17(12)28)7-20-26(16)19(24-18)21-14-3-4-14/h5,7,10-11,14H,3-4,6,8-9H2,1-2H3,(H,21,23,24)(H,22,27,28)/b12-5+. The van der Waals surface area contributed by atoms with Gasteiger partial charge in [-0.3, -0.25) is 14.9 Å². The van der Waals surface area contributed by atoms with Crippen LogP contribution in [0.4, 0.5) is 11.9 Å². The number of hydrogen-bond donors (Lipinski definition) is 2. The van der Waals surface area contributed by atoms with E-state index in [2.05, 4.69) is 20.6 Å². The van der Waals surface area contributed by atoms with Crippen LogP contribution in [0.3, 0.4) is 0 Å². The summed E-state index contributed by atoms with van der Waals surface area (Å²) in [6.07, 6.45) is 5.78. The third kappa shape index (κ3) is 3.55. The highest BCUT2D eigenvalue weighted by Crippen LogP contribution is 2.27. The van der Waals surface area contributed by atoms with Gasteiger partial charge >= 0.3 is 0 Å². The number of nitrogens with one attached hydrogen (secondary N) is 2. The minimum absolute atomic E-state index is 0.0692. The van der Waals surface area contributed by atoms with E-state index < -0.39 is 0 Å². The van der Waals surface area contributed by atoms with Gasteiger partial charge in [0.15, 0.2) is 5.65 Å². The van der Waals surface area contributed by atoms with E-state index in [1.807, 2.05) is 13.8 Å². The number of carbonyl (C=O) groups excluding carboxylic acids is 2. The molecule has 0 aromatic carbocycles. The lowest BCUT2D eigenvalue weighted by Crippen LogP contribution is -2.46.